The molecule has 0 atom stereocenters. The maximum atomic E-state index is 11.9. The first-order valence-corrected chi connectivity index (χ1v) is 8.17. The van der Waals surface area contributed by atoms with Gasteiger partial charge < -0.3 is 20.3 Å². The first kappa shape index (κ1) is 14.3. The van der Waals surface area contributed by atoms with Gasteiger partial charge in [0.25, 0.3) is 0 Å². The van der Waals surface area contributed by atoms with Crippen molar-refractivity contribution in [1.29, 1.82) is 0 Å². The maximum Gasteiger partial charge on any atom is 0.246 e. The van der Waals surface area contributed by atoms with Gasteiger partial charge >= 0.3 is 0 Å². The molecular weight excluding hydrogens is 254 g/mol. The molecule has 3 fully saturated rings. The Morgan fingerprint density at radius 1 is 1.10 bits per heavy atom. The number of nitrogens with one attached hydrogen (secondary N) is 2. The van der Waals surface area contributed by atoms with E-state index in [1.165, 1.54) is 12.8 Å². The Labute approximate surface area is 121 Å². The van der Waals surface area contributed by atoms with Crippen LogP contribution >= 0.6 is 0 Å². The number of nitrogens with zero attached hydrogens (tertiary/aromatic N) is 1. The van der Waals surface area contributed by atoms with Crippen LogP contribution in [0.25, 0.3) is 0 Å². The fraction of sp³-hybridized carbons (Fsp3) is 0.933. The summed E-state index contributed by atoms with van der Waals surface area (Å²) in [5.41, 5.74) is 0. The molecule has 3 rings (SSSR count). The summed E-state index contributed by atoms with van der Waals surface area (Å²) < 4.78 is 5.69. The lowest BCUT2D eigenvalue weighted by Gasteiger charge is -2.32. The third-order valence-corrected chi connectivity index (χ3v) is 4.69. The molecule has 2 aliphatic heterocycles. The van der Waals surface area contributed by atoms with Gasteiger partial charge in [0, 0.05) is 25.2 Å². The number of rotatable bonds is 5. The van der Waals surface area contributed by atoms with Crippen molar-refractivity contribution in [3.63, 3.8) is 0 Å². The van der Waals surface area contributed by atoms with E-state index in [1.807, 2.05) is 0 Å². The highest BCUT2D eigenvalue weighted by Crippen LogP contribution is 2.29. The molecule has 0 aromatic heterocycles. The van der Waals surface area contributed by atoms with E-state index in [-0.39, 0.29) is 18.6 Å². The molecule has 5 heteroatoms. The van der Waals surface area contributed by atoms with E-state index in [1.54, 1.807) is 0 Å². The monoisotopic (exact) mass is 281 g/mol. The van der Waals surface area contributed by atoms with Gasteiger partial charge in [-0.2, -0.15) is 0 Å². The number of carbonyl (C=O) groups excluding carboxylic acids is 1. The molecule has 3 aliphatic rings. The van der Waals surface area contributed by atoms with Gasteiger partial charge in [-0.15, -0.1) is 0 Å². The van der Waals surface area contributed by atoms with Crippen molar-refractivity contribution in [3.8, 4) is 0 Å². The molecule has 2 N–H and O–H groups in total. The molecule has 0 bridgehead atoms. The Hall–Kier alpha value is -0.650. The van der Waals surface area contributed by atoms with Gasteiger partial charge in [0.05, 0.1) is 6.10 Å². The number of carbonyl (C=O) groups is 1. The lowest BCUT2D eigenvalue weighted by molar-refractivity contribution is -0.129. The van der Waals surface area contributed by atoms with E-state index in [2.05, 4.69) is 15.5 Å². The van der Waals surface area contributed by atoms with Crippen molar-refractivity contribution < 1.29 is 9.53 Å². The van der Waals surface area contributed by atoms with E-state index in [0.717, 1.165) is 57.9 Å². The minimum atomic E-state index is 0.0633. The van der Waals surface area contributed by atoms with Gasteiger partial charge in [0.15, 0.2) is 0 Å². The molecular formula is C15H27N3O2. The molecule has 20 heavy (non-hydrogen) atoms. The van der Waals surface area contributed by atoms with Crippen molar-refractivity contribution in [2.24, 2.45) is 0 Å². The van der Waals surface area contributed by atoms with Crippen LogP contribution in [-0.2, 0) is 9.53 Å². The molecule has 0 aromatic carbocycles. The molecule has 0 radical (unpaired) electrons. The molecule has 5 nitrogen and oxygen atoms in total. The van der Waals surface area contributed by atoms with Crippen LogP contribution in [0.3, 0.4) is 0 Å². The highest BCUT2D eigenvalue weighted by Gasteiger charge is 2.32. The minimum Gasteiger partial charge on any atom is -0.368 e. The summed E-state index contributed by atoms with van der Waals surface area (Å²) in [6.45, 7) is 4.53. The molecule has 2 saturated heterocycles. The van der Waals surface area contributed by atoms with E-state index < -0.39 is 0 Å². The van der Waals surface area contributed by atoms with Crippen LogP contribution < -0.4 is 10.6 Å². The van der Waals surface area contributed by atoms with Crippen LogP contribution in [0, 0.1) is 0 Å². The van der Waals surface area contributed by atoms with Crippen LogP contribution in [0.2, 0.25) is 0 Å². The zero-order chi connectivity index (χ0) is 13.8. The van der Waals surface area contributed by atoms with Gasteiger partial charge in [-0.05, 0) is 51.6 Å². The normalized spacial score (nSPS) is 26.6. The average molecular weight is 281 g/mol. The molecule has 1 amide bonds. The predicted octanol–water partition coefficient (Wildman–Crippen LogP) is 0.498. The number of ether oxygens (including phenoxy) is 1. The third kappa shape index (κ3) is 4.17. The molecule has 0 aromatic rings. The van der Waals surface area contributed by atoms with E-state index in [4.69, 9.17) is 4.74 Å². The second kappa shape index (κ2) is 6.87. The molecule has 2 heterocycles. The van der Waals surface area contributed by atoms with Crippen molar-refractivity contribution in [3.05, 3.63) is 0 Å². The Balaban J connectivity index is 1.30. The molecule has 1 saturated carbocycles. The standard InChI is InChI=1S/C15H27N3O2/c19-15(11-20-14-3-7-16-8-4-14)17-12-5-9-18(10-6-12)13-1-2-13/h12-14,16H,1-11H2,(H,17,19). The van der Waals surface area contributed by atoms with Crippen LogP contribution in [0.4, 0.5) is 0 Å². The fourth-order valence-corrected chi connectivity index (χ4v) is 3.27. The topological polar surface area (TPSA) is 53.6 Å². The average Bonchev–Trinajstić information content (AvgIpc) is 3.32. The fourth-order valence-electron chi connectivity index (χ4n) is 3.27. The summed E-state index contributed by atoms with van der Waals surface area (Å²) in [6, 6.07) is 1.21. The number of piperidine rings is 2. The van der Waals surface area contributed by atoms with Crippen molar-refractivity contribution >= 4 is 5.91 Å². The summed E-state index contributed by atoms with van der Waals surface area (Å²) in [6.07, 6.45) is 7.24. The summed E-state index contributed by atoms with van der Waals surface area (Å²) in [4.78, 5) is 14.5. The van der Waals surface area contributed by atoms with Gasteiger partial charge in [-0.25, -0.2) is 0 Å². The summed E-state index contributed by atoms with van der Waals surface area (Å²) in [5.74, 6) is 0.0633. The van der Waals surface area contributed by atoms with Crippen LogP contribution in [-0.4, -0.2) is 61.8 Å². The Morgan fingerprint density at radius 3 is 2.45 bits per heavy atom. The summed E-state index contributed by atoms with van der Waals surface area (Å²) >= 11 is 0. The minimum absolute atomic E-state index is 0.0633. The van der Waals surface area contributed by atoms with Crippen molar-refractivity contribution in [2.75, 3.05) is 32.8 Å². The molecule has 0 unspecified atom stereocenters. The Kier molecular flexibility index (Phi) is 4.91. The summed E-state index contributed by atoms with van der Waals surface area (Å²) in [7, 11) is 0. The highest BCUT2D eigenvalue weighted by molar-refractivity contribution is 5.77. The smallest absolute Gasteiger partial charge is 0.246 e. The van der Waals surface area contributed by atoms with Crippen LogP contribution in [0.1, 0.15) is 38.5 Å². The van der Waals surface area contributed by atoms with Crippen molar-refractivity contribution in [1.82, 2.24) is 15.5 Å². The van der Waals surface area contributed by atoms with Gasteiger partial charge in [-0.1, -0.05) is 0 Å². The van der Waals surface area contributed by atoms with Crippen LogP contribution in [0.15, 0.2) is 0 Å². The first-order valence-electron chi connectivity index (χ1n) is 8.17. The number of hydrogen-bond acceptors (Lipinski definition) is 4. The molecule has 0 spiro atoms. The van der Waals surface area contributed by atoms with Gasteiger partial charge in [0.2, 0.25) is 5.91 Å². The summed E-state index contributed by atoms with van der Waals surface area (Å²) in [5, 5.41) is 6.43. The van der Waals surface area contributed by atoms with Gasteiger partial charge in [0.1, 0.15) is 6.61 Å². The molecule has 1 aliphatic carbocycles. The second-order valence-corrected chi connectivity index (χ2v) is 6.37. The first-order chi connectivity index (χ1) is 9.81. The quantitative estimate of drug-likeness (QED) is 0.770. The van der Waals surface area contributed by atoms with E-state index in [9.17, 15) is 4.79 Å². The van der Waals surface area contributed by atoms with Crippen molar-refractivity contribution in [2.45, 2.75) is 56.7 Å². The number of hydrogen-bond donors (Lipinski definition) is 2. The Bertz CT molecular complexity index is 319. The predicted molar refractivity (Wildman–Crippen MR) is 77.6 cm³/mol. The maximum absolute atomic E-state index is 11.9. The lowest BCUT2D eigenvalue weighted by Crippen LogP contribution is -2.46. The molecule has 114 valence electrons. The lowest BCUT2D eigenvalue weighted by atomic mass is 10.0. The zero-order valence-electron chi connectivity index (χ0n) is 12.3. The van der Waals surface area contributed by atoms with E-state index >= 15 is 0 Å². The number of amides is 1. The second-order valence-electron chi connectivity index (χ2n) is 6.37. The zero-order valence-corrected chi connectivity index (χ0v) is 12.3. The third-order valence-electron chi connectivity index (χ3n) is 4.69. The number of likely N-dealkylation sites (tertiary alicyclic amines) is 1. The Morgan fingerprint density at radius 2 is 1.80 bits per heavy atom. The highest BCUT2D eigenvalue weighted by atomic mass is 16.5. The van der Waals surface area contributed by atoms with Crippen LogP contribution in [0.5, 0.6) is 0 Å². The van der Waals surface area contributed by atoms with E-state index in [0.29, 0.717) is 6.04 Å². The van der Waals surface area contributed by atoms with Gasteiger partial charge in [-0.3, -0.25) is 4.79 Å². The largest absolute Gasteiger partial charge is 0.368 e. The SMILES string of the molecule is O=C(COC1CCNCC1)NC1CCN(C2CC2)CC1.